The van der Waals surface area contributed by atoms with Gasteiger partial charge in [-0.15, -0.1) is 0 Å². The Kier molecular flexibility index (Phi) is 5.65. The first-order valence-electron chi connectivity index (χ1n) is 16.9. The van der Waals surface area contributed by atoms with Crippen molar-refractivity contribution in [2.75, 3.05) is 0 Å². The zero-order valence-corrected chi connectivity index (χ0v) is 27.9. The van der Waals surface area contributed by atoms with Gasteiger partial charge in [-0.25, -0.2) is 15.0 Å². The van der Waals surface area contributed by atoms with Crippen LogP contribution in [0.3, 0.4) is 0 Å². The van der Waals surface area contributed by atoms with E-state index in [1.165, 1.54) is 44.5 Å². The summed E-state index contributed by atoms with van der Waals surface area (Å²) in [5.41, 5.74) is 14.7. The minimum Gasteiger partial charge on any atom is -0.456 e. The Morgan fingerprint density at radius 2 is 0.918 bits per heavy atom. The summed E-state index contributed by atoms with van der Waals surface area (Å²) < 4.78 is 6.31. The predicted octanol–water partition coefficient (Wildman–Crippen LogP) is 11.4. The first kappa shape index (κ1) is 28.2. The second-order valence-corrected chi connectivity index (χ2v) is 14.5. The van der Waals surface area contributed by atoms with E-state index < -0.39 is 0 Å². The molecule has 8 aromatic rings. The Balaban J connectivity index is 1.13. The molecule has 0 saturated heterocycles. The fraction of sp³-hybridized carbons (Fsp3) is 0.133. The van der Waals surface area contributed by atoms with Crippen LogP contribution in [0.5, 0.6) is 0 Å². The van der Waals surface area contributed by atoms with Crippen LogP contribution in [0.15, 0.2) is 132 Å². The summed E-state index contributed by atoms with van der Waals surface area (Å²) in [7, 11) is 0. The van der Waals surface area contributed by atoms with Gasteiger partial charge in [0.05, 0.1) is 0 Å². The number of hydrogen-bond acceptors (Lipinski definition) is 4. The lowest BCUT2D eigenvalue weighted by Crippen LogP contribution is -2.15. The highest BCUT2D eigenvalue weighted by Gasteiger charge is 2.37. The summed E-state index contributed by atoms with van der Waals surface area (Å²) in [6.07, 6.45) is 0. The topological polar surface area (TPSA) is 51.8 Å². The molecule has 49 heavy (non-hydrogen) atoms. The number of hydrogen-bond donors (Lipinski definition) is 0. The summed E-state index contributed by atoms with van der Waals surface area (Å²) in [6.45, 7) is 9.21. The average molecular weight is 632 g/mol. The zero-order chi connectivity index (χ0) is 33.1. The molecule has 10 rings (SSSR count). The van der Waals surface area contributed by atoms with Crippen LogP contribution in [-0.4, -0.2) is 15.0 Å². The maximum Gasteiger partial charge on any atom is 0.164 e. The van der Waals surface area contributed by atoms with Crippen molar-refractivity contribution < 1.29 is 4.42 Å². The van der Waals surface area contributed by atoms with Crippen molar-refractivity contribution in [1.82, 2.24) is 15.0 Å². The Labute approximate surface area is 285 Å². The normalized spacial score (nSPS) is 14.9. The van der Waals surface area contributed by atoms with Crippen LogP contribution in [0.2, 0.25) is 0 Å². The summed E-state index contributed by atoms with van der Waals surface area (Å²) >= 11 is 0. The largest absolute Gasteiger partial charge is 0.456 e. The molecule has 0 saturated carbocycles. The summed E-state index contributed by atoms with van der Waals surface area (Å²) in [4.78, 5) is 15.3. The van der Waals surface area contributed by atoms with Crippen molar-refractivity contribution >= 4 is 21.9 Å². The number of aromatic nitrogens is 3. The molecule has 2 heterocycles. The number of fused-ring (bicyclic) bond motifs is 9. The van der Waals surface area contributed by atoms with Crippen LogP contribution in [0, 0.1) is 0 Å². The van der Waals surface area contributed by atoms with E-state index in [-0.39, 0.29) is 10.8 Å². The van der Waals surface area contributed by atoms with E-state index in [9.17, 15) is 0 Å². The molecule has 2 aliphatic carbocycles. The lowest BCUT2D eigenvalue weighted by molar-refractivity contribution is 0.647. The van der Waals surface area contributed by atoms with Gasteiger partial charge in [0.1, 0.15) is 11.2 Å². The van der Waals surface area contributed by atoms with Crippen molar-refractivity contribution in [3.63, 3.8) is 0 Å². The van der Waals surface area contributed by atoms with Crippen molar-refractivity contribution in [3.8, 4) is 56.4 Å². The molecule has 6 aromatic carbocycles. The van der Waals surface area contributed by atoms with Crippen LogP contribution < -0.4 is 0 Å². The molecule has 4 heteroatoms. The summed E-state index contributed by atoms with van der Waals surface area (Å²) in [5.74, 6) is 2.01. The Morgan fingerprint density at radius 1 is 0.388 bits per heavy atom. The van der Waals surface area contributed by atoms with Crippen molar-refractivity contribution in [1.29, 1.82) is 0 Å². The predicted molar refractivity (Wildman–Crippen MR) is 199 cm³/mol. The zero-order valence-electron chi connectivity index (χ0n) is 27.9. The fourth-order valence-corrected chi connectivity index (χ4v) is 8.29. The quantitative estimate of drug-likeness (QED) is 0.195. The van der Waals surface area contributed by atoms with Gasteiger partial charge in [0.2, 0.25) is 0 Å². The van der Waals surface area contributed by atoms with Gasteiger partial charge in [-0.1, -0.05) is 125 Å². The van der Waals surface area contributed by atoms with Crippen molar-refractivity contribution in [2.45, 2.75) is 38.5 Å². The van der Waals surface area contributed by atoms with Crippen LogP contribution in [0.1, 0.15) is 49.9 Å². The molecule has 0 radical (unpaired) electrons. The second-order valence-electron chi connectivity index (χ2n) is 14.5. The molecule has 0 atom stereocenters. The van der Waals surface area contributed by atoms with E-state index in [2.05, 4.69) is 125 Å². The maximum absolute atomic E-state index is 6.31. The molecule has 0 aliphatic heterocycles. The van der Waals surface area contributed by atoms with Crippen LogP contribution >= 0.6 is 0 Å². The summed E-state index contributed by atoms with van der Waals surface area (Å²) in [6, 6.07) is 45.1. The van der Waals surface area contributed by atoms with E-state index >= 15 is 0 Å². The second kappa shape index (κ2) is 9.83. The molecule has 0 bridgehead atoms. The first-order chi connectivity index (χ1) is 23.8. The van der Waals surface area contributed by atoms with Gasteiger partial charge >= 0.3 is 0 Å². The minimum atomic E-state index is -0.230. The Morgan fingerprint density at radius 3 is 1.63 bits per heavy atom. The number of benzene rings is 6. The Hall–Kier alpha value is -5.87. The van der Waals surface area contributed by atoms with E-state index in [1.807, 2.05) is 30.3 Å². The molecule has 4 nitrogen and oxygen atoms in total. The van der Waals surface area contributed by atoms with Gasteiger partial charge in [-0.2, -0.15) is 0 Å². The highest BCUT2D eigenvalue weighted by atomic mass is 16.3. The first-order valence-corrected chi connectivity index (χ1v) is 16.9. The molecular formula is C45H33N3O. The maximum atomic E-state index is 6.31. The van der Waals surface area contributed by atoms with E-state index in [4.69, 9.17) is 19.4 Å². The monoisotopic (exact) mass is 631 g/mol. The number of rotatable bonds is 3. The molecular weight excluding hydrogens is 599 g/mol. The molecule has 0 amide bonds. The molecule has 0 spiro atoms. The summed E-state index contributed by atoms with van der Waals surface area (Å²) in [5, 5.41) is 2.30. The molecule has 0 N–H and O–H groups in total. The van der Waals surface area contributed by atoms with Crippen molar-refractivity contribution in [3.05, 3.63) is 150 Å². The SMILES string of the molecule is CC1(C)c2ccccc2-c2ccc(-c3nc(-c4ccccc4)nc(-c4ccc5c(c4)C(C)(C)c4cc6oc7ccccc7c6cc4-5)n3)cc21. The van der Waals surface area contributed by atoms with Gasteiger partial charge in [0.15, 0.2) is 17.5 Å². The lowest BCUT2D eigenvalue weighted by Gasteiger charge is -2.22. The van der Waals surface area contributed by atoms with Gasteiger partial charge in [0.25, 0.3) is 0 Å². The number of furan rings is 1. The highest BCUT2D eigenvalue weighted by molar-refractivity contribution is 6.07. The number of nitrogens with zero attached hydrogens (tertiary/aromatic N) is 3. The van der Waals surface area contributed by atoms with Gasteiger partial charge in [0, 0.05) is 38.3 Å². The van der Waals surface area contributed by atoms with E-state index in [0.717, 1.165) is 38.6 Å². The molecule has 2 aromatic heterocycles. The molecule has 234 valence electrons. The molecule has 2 aliphatic rings. The third kappa shape index (κ3) is 4.01. The molecule has 0 unspecified atom stereocenters. The van der Waals surface area contributed by atoms with Gasteiger partial charge in [-0.05, 0) is 74.8 Å². The van der Waals surface area contributed by atoms with Crippen LogP contribution in [0.25, 0.3) is 78.4 Å². The van der Waals surface area contributed by atoms with Crippen LogP contribution in [-0.2, 0) is 10.8 Å². The van der Waals surface area contributed by atoms with Gasteiger partial charge < -0.3 is 4.42 Å². The standard InChI is InChI=1S/C45H33N3O/c1-44(2)35-16-10-8-14-29(35)30-20-18-27(22-36(30)44)42-46-41(26-12-6-5-7-13-26)47-43(48-42)28-19-21-31-33-24-34-32-15-9-11-17-39(32)49-40(34)25-38(33)45(3,4)37(31)23-28/h5-25H,1-4H3. The molecule has 0 fully saturated rings. The van der Waals surface area contributed by atoms with Crippen molar-refractivity contribution in [2.24, 2.45) is 0 Å². The van der Waals surface area contributed by atoms with Gasteiger partial charge in [-0.3, -0.25) is 0 Å². The Bertz CT molecular complexity index is 2660. The van der Waals surface area contributed by atoms with E-state index in [0.29, 0.717) is 17.5 Å². The fourth-order valence-electron chi connectivity index (χ4n) is 8.29. The smallest absolute Gasteiger partial charge is 0.164 e. The van der Waals surface area contributed by atoms with Crippen LogP contribution in [0.4, 0.5) is 0 Å². The third-order valence-electron chi connectivity index (χ3n) is 10.9. The third-order valence-corrected chi connectivity index (χ3v) is 10.9. The van der Waals surface area contributed by atoms with E-state index in [1.54, 1.807) is 0 Å². The number of para-hydroxylation sites is 1. The average Bonchev–Trinajstić information content (AvgIpc) is 3.70. The lowest BCUT2D eigenvalue weighted by atomic mass is 9.81. The minimum absolute atomic E-state index is 0.117. The highest BCUT2D eigenvalue weighted by Crippen LogP contribution is 2.52.